The zero-order chi connectivity index (χ0) is 10.7. The Hall–Kier alpha value is -0.860. The predicted molar refractivity (Wildman–Crippen MR) is 52.9 cm³/mol. The lowest BCUT2D eigenvalue weighted by Crippen LogP contribution is -2.26. The molecule has 2 atom stereocenters. The molecule has 0 aromatic carbocycles. The molecule has 80 valence electrons. The predicted octanol–water partition coefficient (Wildman–Crippen LogP) is 2.10. The second-order valence-electron chi connectivity index (χ2n) is 4.47. The molecule has 0 aromatic heterocycles. The summed E-state index contributed by atoms with van der Waals surface area (Å²) in [6.45, 7) is 4.00. The van der Waals surface area contributed by atoms with Crippen molar-refractivity contribution in [1.82, 2.24) is 0 Å². The van der Waals surface area contributed by atoms with Crippen LogP contribution in [0.15, 0.2) is 0 Å². The highest BCUT2D eigenvalue weighted by Gasteiger charge is 2.34. The van der Waals surface area contributed by atoms with Gasteiger partial charge in [-0.15, -0.1) is 0 Å². The summed E-state index contributed by atoms with van der Waals surface area (Å²) in [5.74, 6) is -0.208. The van der Waals surface area contributed by atoms with E-state index >= 15 is 0 Å². The van der Waals surface area contributed by atoms with Crippen molar-refractivity contribution in [3.8, 4) is 0 Å². The number of carboxylic acid groups (broad SMARTS) is 1. The van der Waals surface area contributed by atoms with Crippen molar-refractivity contribution >= 4 is 11.8 Å². The van der Waals surface area contributed by atoms with Crippen molar-refractivity contribution in [3.05, 3.63) is 0 Å². The normalized spacial score (nSPS) is 24.2. The van der Waals surface area contributed by atoms with Crippen molar-refractivity contribution in [2.24, 2.45) is 17.8 Å². The molecular weight excluding hydrogens is 180 g/mol. The average Bonchev–Trinajstić information content (AvgIpc) is 2.46. The van der Waals surface area contributed by atoms with E-state index in [1.807, 2.05) is 13.8 Å². The van der Waals surface area contributed by atoms with Gasteiger partial charge in [-0.3, -0.25) is 9.59 Å². The zero-order valence-electron chi connectivity index (χ0n) is 8.82. The minimum Gasteiger partial charge on any atom is -0.481 e. The molecule has 14 heavy (non-hydrogen) atoms. The molecule has 3 nitrogen and oxygen atoms in total. The summed E-state index contributed by atoms with van der Waals surface area (Å²) < 4.78 is 0. The Morgan fingerprint density at radius 3 is 2.57 bits per heavy atom. The smallest absolute Gasteiger partial charge is 0.303 e. The van der Waals surface area contributed by atoms with Crippen LogP contribution in [-0.4, -0.2) is 16.9 Å². The van der Waals surface area contributed by atoms with Crippen LogP contribution in [0.4, 0.5) is 0 Å². The first-order valence-corrected chi connectivity index (χ1v) is 5.27. The first-order chi connectivity index (χ1) is 6.52. The van der Waals surface area contributed by atoms with Crippen LogP contribution in [0, 0.1) is 17.8 Å². The number of Topliss-reactive ketones (excluding diaryl/α,β-unsaturated/α-hetero) is 1. The standard InChI is InChI=1S/C11H18O3/c1-7(2)9(6-11(13)14)8-4-3-5-10(8)12/h7-9H,3-6H2,1-2H3,(H,13,14)/t8?,9-/m0/s1. The molecular formula is C11H18O3. The first kappa shape index (κ1) is 11.2. The molecule has 0 spiro atoms. The van der Waals surface area contributed by atoms with E-state index in [0.717, 1.165) is 12.8 Å². The van der Waals surface area contributed by atoms with Gasteiger partial charge in [0, 0.05) is 18.8 Å². The number of ketones is 1. The van der Waals surface area contributed by atoms with Crippen LogP contribution in [0.5, 0.6) is 0 Å². The minimum absolute atomic E-state index is 0.00565. The Balaban J connectivity index is 2.66. The fraction of sp³-hybridized carbons (Fsp3) is 0.818. The molecule has 1 N–H and O–H groups in total. The number of rotatable bonds is 4. The lowest BCUT2D eigenvalue weighted by Gasteiger charge is -2.24. The summed E-state index contributed by atoms with van der Waals surface area (Å²) in [5, 5.41) is 8.77. The fourth-order valence-electron chi connectivity index (χ4n) is 2.34. The SMILES string of the molecule is CC(C)[C@H](CC(=O)O)C1CCCC1=O. The highest BCUT2D eigenvalue weighted by atomic mass is 16.4. The Morgan fingerprint density at radius 1 is 1.57 bits per heavy atom. The molecule has 0 bridgehead atoms. The molecule has 3 heteroatoms. The minimum atomic E-state index is -0.789. The molecule has 1 saturated carbocycles. The Labute approximate surface area is 84.5 Å². The third-order valence-corrected chi connectivity index (χ3v) is 3.14. The average molecular weight is 198 g/mol. The summed E-state index contributed by atoms with van der Waals surface area (Å²) >= 11 is 0. The number of hydrogen-bond donors (Lipinski definition) is 1. The van der Waals surface area contributed by atoms with Gasteiger partial charge in [0.05, 0.1) is 0 Å². The Kier molecular flexibility index (Phi) is 3.67. The third kappa shape index (κ3) is 2.56. The molecule has 0 saturated heterocycles. The van der Waals surface area contributed by atoms with Crippen LogP contribution in [-0.2, 0) is 9.59 Å². The van der Waals surface area contributed by atoms with Crippen LogP contribution in [0.1, 0.15) is 39.5 Å². The van der Waals surface area contributed by atoms with Crippen LogP contribution in [0.2, 0.25) is 0 Å². The molecule has 0 amide bonds. The molecule has 1 aliphatic carbocycles. The van der Waals surface area contributed by atoms with Crippen LogP contribution >= 0.6 is 0 Å². The third-order valence-electron chi connectivity index (χ3n) is 3.14. The number of hydrogen-bond acceptors (Lipinski definition) is 2. The van der Waals surface area contributed by atoms with Crippen molar-refractivity contribution < 1.29 is 14.7 Å². The molecule has 1 rings (SSSR count). The lowest BCUT2D eigenvalue weighted by molar-refractivity contribution is -0.139. The summed E-state index contributed by atoms with van der Waals surface area (Å²) in [6, 6.07) is 0. The molecule has 0 aromatic rings. The van der Waals surface area contributed by atoms with E-state index in [-0.39, 0.29) is 30.0 Å². The molecule has 0 heterocycles. The van der Waals surface area contributed by atoms with E-state index in [1.165, 1.54) is 0 Å². The number of aliphatic carboxylic acids is 1. The number of carbonyl (C=O) groups excluding carboxylic acids is 1. The highest BCUT2D eigenvalue weighted by molar-refractivity contribution is 5.83. The number of carbonyl (C=O) groups is 2. The van der Waals surface area contributed by atoms with Gasteiger partial charge < -0.3 is 5.11 Å². The van der Waals surface area contributed by atoms with Gasteiger partial charge in [0.15, 0.2) is 0 Å². The van der Waals surface area contributed by atoms with E-state index in [0.29, 0.717) is 6.42 Å². The second kappa shape index (κ2) is 4.58. The highest BCUT2D eigenvalue weighted by Crippen LogP contribution is 2.34. The summed E-state index contributed by atoms with van der Waals surface area (Å²) in [4.78, 5) is 22.2. The monoisotopic (exact) mass is 198 g/mol. The molecule has 0 radical (unpaired) electrons. The lowest BCUT2D eigenvalue weighted by atomic mass is 9.79. The topological polar surface area (TPSA) is 54.4 Å². The molecule has 1 aliphatic rings. The summed E-state index contributed by atoms with van der Waals surface area (Å²) in [7, 11) is 0. The van der Waals surface area contributed by atoms with E-state index in [1.54, 1.807) is 0 Å². The molecule has 1 fully saturated rings. The maximum atomic E-state index is 11.5. The molecule has 0 aliphatic heterocycles. The maximum absolute atomic E-state index is 11.5. The van der Waals surface area contributed by atoms with Gasteiger partial charge in [-0.2, -0.15) is 0 Å². The van der Waals surface area contributed by atoms with Gasteiger partial charge in [0.2, 0.25) is 0 Å². The van der Waals surface area contributed by atoms with E-state index in [9.17, 15) is 9.59 Å². The molecule has 1 unspecified atom stereocenters. The largest absolute Gasteiger partial charge is 0.481 e. The van der Waals surface area contributed by atoms with Crippen molar-refractivity contribution in [3.63, 3.8) is 0 Å². The fourth-order valence-corrected chi connectivity index (χ4v) is 2.34. The number of carboxylic acids is 1. The van der Waals surface area contributed by atoms with Gasteiger partial charge in [0.1, 0.15) is 5.78 Å². The Bertz CT molecular complexity index is 233. The zero-order valence-corrected chi connectivity index (χ0v) is 8.82. The van der Waals surface area contributed by atoms with E-state index in [2.05, 4.69) is 0 Å². The van der Waals surface area contributed by atoms with Crippen molar-refractivity contribution in [1.29, 1.82) is 0 Å². The van der Waals surface area contributed by atoms with Crippen molar-refractivity contribution in [2.75, 3.05) is 0 Å². The van der Waals surface area contributed by atoms with E-state index < -0.39 is 5.97 Å². The van der Waals surface area contributed by atoms with Crippen LogP contribution in [0.3, 0.4) is 0 Å². The van der Waals surface area contributed by atoms with Gasteiger partial charge in [-0.25, -0.2) is 0 Å². The quantitative estimate of drug-likeness (QED) is 0.752. The summed E-state index contributed by atoms with van der Waals surface area (Å²) in [5.41, 5.74) is 0. The first-order valence-electron chi connectivity index (χ1n) is 5.27. The Morgan fingerprint density at radius 2 is 2.21 bits per heavy atom. The summed E-state index contributed by atoms with van der Waals surface area (Å²) in [6.07, 6.45) is 2.60. The second-order valence-corrected chi connectivity index (χ2v) is 4.47. The maximum Gasteiger partial charge on any atom is 0.303 e. The van der Waals surface area contributed by atoms with Crippen molar-refractivity contribution in [2.45, 2.75) is 39.5 Å². The van der Waals surface area contributed by atoms with Gasteiger partial charge in [-0.1, -0.05) is 13.8 Å². The van der Waals surface area contributed by atoms with Gasteiger partial charge in [-0.05, 0) is 24.7 Å². The van der Waals surface area contributed by atoms with Gasteiger partial charge >= 0.3 is 5.97 Å². The van der Waals surface area contributed by atoms with Crippen LogP contribution in [0.25, 0.3) is 0 Å². The van der Waals surface area contributed by atoms with Gasteiger partial charge in [0.25, 0.3) is 0 Å². The van der Waals surface area contributed by atoms with E-state index in [4.69, 9.17) is 5.11 Å². The van der Waals surface area contributed by atoms with Crippen LogP contribution < -0.4 is 0 Å².